The molecule has 0 fully saturated rings. The lowest BCUT2D eigenvalue weighted by molar-refractivity contribution is 0.0942. The first-order valence-corrected chi connectivity index (χ1v) is 4.12. The molecular formula is C6H7N3OS. The molecule has 1 amide bonds. The van der Waals surface area contributed by atoms with E-state index in [1.165, 1.54) is 11.3 Å². The molecule has 0 saturated heterocycles. The number of thiazole rings is 1. The van der Waals surface area contributed by atoms with Gasteiger partial charge >= 0.3 is 0 Å². The lowest BCUT2D eigenvalue weighted by Crippen LogP contribution is -2.31. The first-order chi connectivity index (χ1) is 5.27. The van der Waals surface area contributed by atoms with Crippen molar-refractivity contribution >= 4 is 22.4 Å². The molecule has 4 nitrogen and oxygen atoms in total. The minimum atomic E-state index is -0.0980. The molecule has 0 aromatic carbocycles. The van der Waals surface area contributed by atoms with Gasteiger partial charge in [-0.25, -0.2) is 4.98 Å². The van der Waals surface area contributed by atoms with Crippen LogP contribution in [0, 0.1) is 0 Å². The molecular weight excluding hydrogens is 162 g/mol. The molecule has 3 N–H and O–H groups in total. The predicted molar refractivity (Wildman–Crippen MR) is 42.6 cm³/mol. The fraction of sp³-hybridized carbons (Fsp3) is 0.333. The molecule has 1 aromatic heterocycles. The molecule has 0 aliphatic carbocycles. The van der Waals surface area contributed by atoms with Gasteiger partial charge in [0.05, 0.1) is 0 Å². The Morgan fingerprint density at radius 2 is 2.45 bits per heavy atom. The second-order valence-electron chi connectivity index (χ2n) is 2.33. The number of nitrogens with one attached hydrogen (secondary N) is 1. The van der Waals surface area contributed by atoms with Gasteiger partial charge in [-0.2, -0.15) is 0 Å². The highest BCUT2D eigenvalue weighted by molar-refractivity contribution is 7.15. The highest BCUT2D eigenvalue weighted by Gasteiger charge is 2.20. The van der Waals surface area contributed by atoms with Crippen LogP contribution in [-0.2, 0) is 6.42 Å². The quantitative estimate of drug-likeness (QED) is 0.575. The van der Waals surface area contributed by atoms with E-state index < -0.39 is 0 Å². The number of rotatable bonds is 0. The zero-order valence-electron chi connectivity index (χ0n) is 5.76. The third-order valence-electron chi connectivity index (χ3n) is 1.57. The van der Waals surface area contributed by atoms with E-state index in [1.807, 2.05) is 0 Å². The molecule has 0 radical (unpaired) electrons. The highest BCUT2D eigenvalue weighted by atomic mass is 32.1. The summed E-state index contributed by atoms with van der Waals surface area (Å²) in [6.45, 7) is 0.702. The first kappa shape index (κ1) is 6.60. The third kappa shape index (κ3) is 0.970. The predicted octanol–water partition coefficient (Wildman–Crippen LogP) is 0.0112. The Morgan fingerprint density at radius 3 is 3.18 bits per heavy atom. The second-order valence-corrected chi connectivity index (χ2v) is 3.44. The molecule has 11 heavy (non-hydrogen) atoms. The number of hydrogen-bond donors (Lipinski definition) is 2. The van der Waals surface area contributed by atoms with Gasteiger partial charge in [0.1, 0.15) is 5.69 Å². The van der Waals surface area contributed by atoms with Gasteiger partial charge in [0.25, 0.3) is 5.91 Å². The Hall–Kier alpha value is -1.10. The number of hydrogen-bond acceptors (Lipinski definition) is 4. The van der Waals surface area contributed by atoms with Crippen LogP contribution in [0.4, 0.5) is 5.13 Å². The number of carbonyl (C=O) groups excluding carboxylic acids is 1. The van der Waals surface area contributed by atoms with Gasteiger partial charge in [0, 0.05) is 17.8 Å². The Balaban J connectivity index is 2.52. The van der Waals surface area contributed by atoms with Crippen molar-refractivity contribution in [2.45, 2.75) is 6.42 Å². The zero-order valence-corrected chi connectivity index (χ0v) is 6.57. The van der Waals surface area contributed by atoms with Crippen LogP contribution in [0.15, 0.2) is 0 Å². The summed E-state index contributed by atoms with van der Waals surface area (Å²) in [6.07, 6.45) is 0.857. The number of amides is 1. The summed E-state index contributed by atoms with van der Waals surface area (Å²) in [7, 11) is 0. The van der Waals surface area contributed by atoms with Crippen molar-refractivity contribution in [2.24, 2.45) is 0 Å². The van der Waals surface area contributed by atoms with E-state index in [4.69, 9.17) is 5.73 Å². The minimum absolute atomic E-state index is 0.0980. The fourth-order valence-electron chi connectivity index (χ4n) is 1.09. The van der Waals surface area contributed by atoms with Gasteiger partial charge in [-0.1, -0.05) is 0 Å². The van der Waals surface area contributed by atoms with E-state index in [0.29, 0.717) is 17.4 Å². The van der Waals surface area contributed by atoms with Crippen LogP contribution < -0.4 is 11.1 Å². The highest BCUT2D eigenvalue weighted by Crippen LogP contribution is 2.22. The van der Waals surface area contributed by atoms with Crippen LogP contribution >= 0.6 is 11.3 Å². The topological polar surface area (TPSA) is 68.0 Å². The van der Waals surface area contributed by atoms with E-state index in [1.54, 1.807) is 0 Å². The smallest absolute Gasteiger partial charge is 0.271 e. The average molecular weight is 169 g/mol. The summed E-state index contributed by atoms with van der Waals surface area (Å²) in [5.74, 6) is -0.0980. The van der Waals surface area contributed by atoms with Crippen LogP contribution in [-0.4, -0.2) is 17.4 Å². The molecule has 1 aliphatic heterocycles. The van der Waals surface area contributed by atoms with Gasteiger partial charge in [0.2, 0.25) is 0 Å². The maximum atomic E-state index is 11.1. The molecule has 0 unspecified atom stereocenters. The Morgan fingerprint density at radius 1 is 1.64 bits per heavy atom. The number of carbonyl (C=O) groups is 1. The van der Waals surface area contributed by atoms with E-state index in [9.17, 15) is 4.79 Å². The summed E-state index contributed by atoms with van der Waals surface area (Å²) in [5.41, 5.74) is 5.96. The van der Waals surface area contributed by atoms with Crippen molar-refractivity contribution in [3.05, 3.63) is 10.6 Å². The first-order valence-electron chi connectivity index (χ1n) is 3.31. The van der Waals surface area contributed by atoms with Crippen LogP contribution in [0.1, 0.15) is 15.4 Å². The molecule has 0 atom stereocenters. The molecule has 1 aromatic rings. The average Bonchev–Trinajstić information content (AvgIpc) is 2.31. The summed E-state index contributed by atoms with van der Waals surface area (Å²) in [6, 6.07) is 0. The maximum absolute atomic E-state index is 11.1. The Kier molecular flexibility index (Phi) is 1.32. The zero-order chi connectivity index (χ0) is 7.84. The van der Waals surface area contributed by atoms with Crippen molar-refractivity contribution in [3.63, 3.8) is 0 Å². The van der Waals surface area contributed by atoms with Crippen LogP contribution in [0.2, 0.25) is 0 Å². The maximum Gasteiger partial charge on any atom is 0.271 e. The number of nitrogens with two attached hydrogens (primary N) is 1. The van der Waals surface area contributed by atoms with Crippen LogP contribution in [0.5, 0.6) is 0 Å². The van der Waals surface area contributed by atoms with Gasteiger partial charge < -0.3 is 11.1 Å². The summed E-state index contributed by atoms with van der Waals surface area (Å²) >= 11 is 1.40. The molecule has 0 spiro atoms. The normalized spacial score (nSPS) is 15.8. The van der Waals surface area contributed by atoms with E-state index in [0.717, 1.165) is 11.3 Å². The minimum Gasteiger partial charge on any atom is -0.375 e. The van der Waals surface area contributed by atoms with Gasteiger partial charge in [-0.15, -0.1) is 11.3 Å². The Labute approximate surface area is 67.4 Å². The summed E-state index contributed by atoms with van der Waals surface area (Å²) < 4.78 is 0. The second kappa shape index (κ2) is 2.20. The van der Waals surface area contributed by atoms with E-state index >= 15 is 0 Å². The lowest BCUT2D eigenvalue weighted by Gasteiger charge is -2.09. The summed E-state index contributed by atoms with van der Waals surface area (Å²) in [5, 5.41) is 3.18. The number of aromatic nitrogens is 1. The van der Waals surface area contributed by atoms with Crippen LogP contribution in [0.3, 0.4) is 0 Å². The van der Waals surface area contributed by atoms with Crippen molar-refractivity contribution in [1.82, 2.24) is 10.3 Å². The number of fused-ring (bicyclic) bond motifs is 1. The van der Waals surface area contributed by atoms with E-state index in [2.05, 4.69) is 10.3 Å². The van der Waals surface area contributed by atoms with Crippen LogP contribution in [0.25, 0.3) is 0 Å². The standard InChI is InChI=1S/C6H7N3OS/c7-6-9-4-3(11-6)1-2-8-5(4)10/h1-2H2,(H2,7,9)(H,8,10). The molecule has 2 rings (SSSR count). The molecule has 1 aliphatic rings. The molecule has 0 bridgehead atoms. The third-order valence-corrected chi connectivity index (χ3v) is 2.51. The molecule has 2 heterocycles. The van der Waals surface area contributed by atoms with Crippen molar-refractivity contribution in [2.75, 3.05) is 12.3 Å². The van der Waals surface area contributed by atoms with Gasteiger partial charge in [-0.3, -0.25) is 4.79 Å². The largest absolute Gasteiger partial charge is 0.375 e. The fourth-order valence-corrected chi connectivity index (χ4v) is 1.92. The molecule has 5 heteroatoms. The lowest BCUT2D eigenvalue weighted by atomic mass is 10.2. The Bertz CT molecular complexity index is 307. The SMILES string of the molecule is Nc1nc2c(s1)CCNC2=O. The summed E-state index contributed by atoms with van der Waals surface area (Å²) in [4.78, 5) is 16.0. The molecule has 58 valence electrons. The van der Waals surface area contributed by atoms with Gasteiger partial charge in [0.15, 0.2) is 5.13 Å². The van der Waals surface area contributed by atoms with Gasteiger partial charge in [-0.05, 0) is 0 Å². The molecule has 0 saturated carbocycles. The number of anilines is 1. The van der Waals surface area contributed by atoms with E-state index in [-0.39, 0.29) is 5.91 Å². The monoisotopic (exact) mass is 169 g/mol. The number of nitrogen functional groups attached to an aromatic ring is 1. The number of nitrogens with zero attached hydrogens (tertiary/aromatic N) is 1. The van der Waals surface area contributed by atoms with Crippen molar-refractivity contribution < 1.29 is 4.79 Å². The van der Waals surface area contributed by atoms with Crippen molar-refractivity contribution in [1.29, 1.82) is 0 Å². The van der Waals surface area contributed by atoms with Crippen molar-refractivity contribution in [3.8, 4) is 0 Å².